The van der Waals surface area contributed by atoms with E-state index in [1.165, 1.54) is 6.33 Å². The number of aromatic nitrogens is 4. The number of nitrogen functional groups attached to an aromatic ring is 1. The van der Waals surface area contributed by atoms with Gasteiger partial charge in [-0.15, -0.1) is 0 Å². The topological polar surface area (TPSA) is 119 Å². The molecule has 2 atom stereocenters. The predicted octanol–water partition coefficient (Wildman–Crippen LogP) is -0.146. The van der Waals surface area contributed by atoms with Gasteiger partial charge in [-0.3, -0.25) is 0 Å². The molecular weight excluding hydrogens is 250 g/mol. The van der Waals surface area contributed by atoms with Crippen LogP contribution in [0.2, 0.25) is 0 Å². The maximum atomic E-state index is 9.00. The molecule has 0 amide bonds. The summed E-state index contributed by atoms with van der Waals surface area (Å²) in [6.07, 6.45) is 3.09. The van der Waals surface area contributed by atoms with Gasteiger partial charge in [0.1, 0.15) is 12.1 Å². The van der Waals surface area contributed by atoms with Crippen molar-refractivity contribution in [1.82, 2.24) is 19.9 Å². The number of nitrogens with one attached hydrogen (secondary N) is 1. The molecule has 0 bridgehead atoms. The molecule has 0 spiro atoms. The molecule has 8 nitrogen and oxygen atoms in total. The maximum Gasteiger partial charge on any atom is 0.245 e. The van der Waals surface area contributed by atoms with Crippen LogP contribution in [0.15, 0.2) is 6.33 Å². The van der Waals surface area contributed by atoms with Crippen molar-refractivity contribution < 1.29 is 14.6 Å². The first-order chi connectivity index (χ1) is 9.26. The molecule has 1 aliphatic rings. The molecule has 1 aliphatic heterocycles. The van der Waals surface area contributed by atoms with Crippen LogP contribution in [-0.2, 0) is 4.74 Å². The summed E-state index contributed by atoms with van der Waals surface area (Å²) < 4.78 is 11.2. The third kappa shape index (κ3) is 2.45. The number of imidazole rings is 1. The van der Waals surface area contributed by atoms with Gasteiger partial charge >= 0.3 is 0 Å². The smallest absolute Gasteiger partial charge is 0.245 e. The van der Waals surface area contributed by atoms with Gasteiger partial charge in [0.15, 0.2) is 5.65 Å². The summed E-state index contributed by atoms with van der Waals surface area (Å²) in [4.78, 5) is 15.0. The number of hydrogen-bond acceptors (Lipinski definition) is 7. The van der Waals surface area contributed by atoms with Crippen LogP contribution in [0.25, 0.3) is 11.2 Å². The second-order valence-electron chi connectivity index (χ2n) is 4.44. The highest BCUT2D eigenvalue weighted by molar-refractivity contribution is 5.76. The van der Waals surface area contributed by atoms with Crippen molar-refractivity contribution in [1.29, 1.82) is 0 Å². The highest BCUT2D eigenvalue weighted by Crippen LogP contribution is 2.23. The molecule has 1 saturated heterocycles. The molecule has 2 aromatic heterocycles. The lowest BCUT2D eigenvalue weighted by molar-refractivity contribution is -0.00765. The van der Waals surface area contributed by atoms with Crippen LogP contribution in [0.1, 0.15) is 12.8 Å². The lowest BCUT2D eigenvalue weighted by Crippen LogP contribution is -2.21. The monoisotopic (exact) mass is 265 g/mol. The normalized spacial score (nSPS) is 23.0. The van der Waals surface area contributed by atoms with E-state index < -0.39 is 0 Å². The van der Waals surface area contributed by atoms with Gasteiger partial charge in [0, 0.05) is 0 Å². The summed E-state index contributed by atoms with van der Waals surface area (Å²) in [6.45, 7) is 0.406. The summed E-state index contributed by atoms with van der Waals surface area (Å²) in [7, 11) is 0. The fourth-order valence-electron chi connectivity index (χ4n) is 2.14. The standard InChI is InChI=1S/C11H15N5O3/c12-11-15-9-8(13-5-14-9)10(16-11)18-4-7-2-1-6(3-17)19-7/h5-7,17H,1-4H2,(H3,12,13,14,15,16)/t6-,7+/m0/s1. The summed E-state index contributed by atoms with van der Waals surface area (Å²) in [5.41, 5.74) is 6.68. The Labute approximate surface area is 109 Å². The Morgan fingerprint density at radius 1 is 1.42 bits per heavy atom. The number of hydrogen-bond donors (Lipinski definition) is 3. The zero-order valence-electron chi connectivity index (χ0n) is 10.2. The molecule has 8 heteroatoms. The van der Waals surface area contributed by atoms with E-state index in [1.54, 1.807) is 0 Å². The van der Waals surface area contributed by atoms with E-state index in [2.05, 4.69) is 19.9 Å². The highest BCUT2D eigenvalue weighted by Gasteiger charge is 2.25. The Morgan fingerprint density at radius 3 is 3.05 bits per heavy atom. The van der Waals surface area contributed by atoms with Crippen LogP contribution >= 0.6 is 0 Å². The van der Waals surface area contributed by atoms with E-state index >= 15 is 0 Å². The van der Waals surface area contributed by atoms with Gasteiger partial charge in [0.25, 0.3) is 0 Å². The minimum absolute atomic E-state index is 0.0358. The molecule has 19 heavy (non-hydrogen) atoms. The van der Waals surface area contributed by atoms with Crippen molar-refractivity contribution in [3.05, 3.63) is 6.33 Å². The number of aromatic amines is 1. The predicted molar refractivity (Wildman–Crippen MR) is 66.6 cm³/mol. The zero-order valence-corrected chi connectivity index (χ0v) is 10.2. The van der Waals surface area contributed by atoms with Crippen molar-refractivity contribution in [2.45, 2.75) is 25.0 Å². The van der Waals surface area contributed by atoms with Crippen molar-refractivity contribution in [2.24, 2.45) is 0 Å². The number of rotatable bonds is 4. The first-order valence-corrected chi connectivity index (χ1v) is 6.12. The van der Waals surface area contributed by atoms with Crippen molar-refractivity contribution in [3.8, 4) is 5.88 Å². The van der Waals surface area contributed by atoms with Gasteiger partial charge in [-0.2, -0.15) is 9.97 Å². The van der Waals surface area contributed by atoms with Gasteiger partial charge in [0.05, 0.1) is 25.1 Å². The second-order valence-corrected chi connectivity index (χ2v) is 4.44. The average Bonchev–Trinajstić information content (AvgIpc) is 3.03. The molecular formula is C11H15N5O3. The molecule has 3 heterocycles. The molecule has 0 aromatic carbocycles. The number of ether oxygens (including phenoxy) is 2. The number of aliphatic hydroxyl groups is 1. The van der Waals surface area contributed by atoms with Crippen molar-refractivity contribution >= 4 is 17.1 Å². The van der Waals surface area contributed by atoms with Crippen LogP contribution in [-0.4, -0.2) is 50.5 Å². The summed E-state index contributed by atoms with van der Waals surface area (Å²) in [6, 6.07) is 0. The van der Waals surface area contributed by atoms with Gasteiger partial charge in [-0.05, 0) is 12.8 Å². The number of H-pyrrole nitrogens is 1. The number of anilines is 1. The molecule has 4 N–H and O–H groups in total. The molecule has 3 rings (SSSR count). The highest BCUT2D eigenvalue weighted by atomic mass is 16.6. The Balaban J connectivity index is 1.70. The van der Waals surface area contributed by atoms with Gasteiger partial charge in [0.2, 0.25) is 11.8 Å². The molecule has 1 fully saturated rings. The summed E-state index contributed by atoms with van der Waals surface area (Å²) in [5, 5.41) is 9.00. The molecule has 0 saturated carbocycles. The van der Waals surface area contributed by atoms with E-state index in [9.17, 15) is 0 Å². The third-order valence-electron chi connectivity index (χ3n) is 3.07. The largest absolute Gasteiger partial charge is 0.473 e. The summed E-state index contributed by atoms with van der Waals surface area (Å²) >= 11 is 0. The Hall–Kier alpha value is -1.93. The lowest BCUT2D eigenvalue weighted by atomic mass is 10.2. The molecule has 0 aliphatic carbocycles. The average molecular weight is 265 g/mol. The first kappa shape index (κ1) is 12.1. The lowest BCUT2D eigenvalue weighted by Gasteiger charge is -2.13. The van der Waals surface area contributed by atoms with Crippen LogP contribution in [0.4, 0.5) is 5.95 Å². The molecule has 0 unspecified atom stereocenters. The van der Waals surface area contributed by atoms with Crippen molar-refractivity contribution in [2.75, 3.05) is 18.9 Å². The SMILES string of the molecule is Nc1nc(OC[C@H]2CC[C@@H](CO)O2)c2[nH]cnc2n1. The van der Waals surface area contributed by atoms with E-state index in [4.69, 9.17) is 20.3 Å². The fourth-order valence-corrected chi connectivity index (χ4v) is 2.14. The quantitative estimate of drug-likeness (QED) is 0.703. The molecule has 0 radical (unpaired) electrons. The minimum atomic E-state index is -0.0868. The fraction of sp³-hybridized carbons (Fsp3) is 0.545. The van der Waals surface area contributed by atoms with E-state index in [0.29, 0.717) is 23.7 Å². The van der Waals surface area contributed by atoms with Crippen LogP contribution in [0.5, 0.6) is 5.88 Å². The third-order valence-corrected chi connectivity index (χ3v) is 3.07. The first-order valence-electron chi connectivity index (χ1n) is 6.12. The molecule has 2 aromatic rings. The number of fused-ring (bicyclic) bond motifs is 1. The van der Waals surface area contributed by atoms with E-state index in [0.717, 1.165) is 12.8 Å². The Bertz CT molecular complexity index is 572. The van der Waals surface area contributed by atoms with Crippen LogP contribution < -0.4 is 10.5 Å². The van der Waals surface area contributed by atoms with Crippen LogP contribution in [0.3, 0.4) is 0 Å². The number of nitrogens with zero attached hydrogens (tertiary/aromatic N) is 3. The minimum Gasteiger partial charge on any atom is -0.473 e. The zero-order chi connectivity index (χ0) is 13.2. The van der Waals surface area contributed by atoms with E-state index in [-0.39, 0.29) is 24.8 Å². The Kier molecular flexibility index (Phi) is 3.18. The Morgan fingerprint density at radius 2 is 2.26 bits per heavy atom. The van der Waals surface area contributed by atoms with Gasteiger partial charge < -0.3 is 25.3 Å². The maximum absolute atomic E-state index is 9.00. The number of nitrogens with two attached hydrogens (primary N) is 1. The summed E-state index contributed by atoms with van der Waals surface area (Å²) in [5.74, 6) is 0.492. The number of aliphatic hydroxyl groups excluding tert-OH is 1. The van der Waals surface area contributed by atoms with Crippen molar-refractivity contribution in [3.63, 3.8) is 0 Å². The van der Waals surface area contributed by atoms with Gasteiger partial charge in [-0.25, -0.2) is 4.98 Å². The van der Waals surface area contributed by atoms with Crippen LogP contribution in [0, 0.1) is 0 Å². The molecule has 102 valence electrons. The second kappa shape index (κ2) is 4.98. The van der Waals surface area contributed by atoms with E-state index in [1.807, 2.05) is 0 Å². The van der Waals surface area contributed by atoms with Gasteiger partial charge in [-0.1, -0.05) is 0 Å².